The topological polar surface area (TPSA) is 92.5 Å². The molecule has 42 heavy (non-hydrogen) atoms. The molecule has 0 bridgehead atoms. The summed E-state index contributed by atoms with van der Waals surface area (Å²) in [4.78, 5) is 16.4. The smallest absolute Gasteiger partial charge is 0.478 e. The van der Waals surface area contributed by atoms with Crippen molar-refractivity contribution in [1.82, 2.24) is 13.9 Å². The molecule has 0 amide bonds. The summed E-state index contributed by atoms with van der Waals surface area (Å²) in [6, 6.07) is 19.9. The largest absolute Gasteiger partial charge is 0.511 e. The third kappa shape index (κ3) is 5.29. The van der Waals surface area contributed by atoms with Gasteiger partial charge in [0.1, 0.15) is 5.82 Å². The summed E-state index contributed by atoms with van der Waals surface area (Å²) in [5.41, 5.74) is -0.797. The Kier molecular flexibility index (Phi) is 7.31. The molecular weight excluding hydrogens is 591 g/mol. The van der Waals surface area contributed by atoms with Crippen LogP contribution < -0.4 is 0 Å². The third-order valence-electron chi connectivity index (χ3n) is 8.13. The number of alkyl halides is 3. The lowest BCUT2D eigenvalue weighted by Gasteiger charge is -2.33. The highest BCUT2D eigenvalue weighted by molar-refractivity contribution is 7.90. The Morgan fingerprint density at radius 1 is 0.905 bits per heavy atom. The molecule has 4 aromatic rings. The quantitative estimate of drug-likeness (QED) is 0.227. The van der Waals surface area contributed by atoms with Gasteiger partial charge >= 0.3 is 21.5 Å². The zero-order chi connectivity index (χ0) is 29.8. The lowest BCUT2D eigenvalue weighted by Crippen LogP contribution is -2.45. The van der Waals surface area contributed by atoms with E-state index >= 15 is 0 Å². The van der Waals surface area contributed by atoms with Gasteiger partial charge in [-0.1, -0.05) is 41.9 Å². The fourth-order valence-corrected chi connectivity index (χ4v) is 6.97. The number of piperidine rings is 1. The molecule has 2 fully saturated rings. The van der Waals surface area contributed by atoms with Crippen LogP contribution >= 0.6 is 11.6 Å². The lowest BCUT2D eigenvalue weighted by molar-refractivity contribution is -0.0496. The van der Waals surface area contributed by atoms with Crippen LogP contribution in [0.2, 0.25) is 5.02 Å². The number of aromatic nitrogens is 2. The van der Waals surface area contributed by atoms with E-state index in [0.29, 0.717) is 9.33 Å². The number of rotatable bonds is 7. The molecule has 3 aromatic carbocycles. The van der Waals surface area contributed by atoms with Gasteiger partial charge in [-0.3, -0.25) is 0 Å². The molecule has 1 aromatic heterocycles. The lowest BCUT2D eigenvalue weighted by atomic mass is 9.84. The first-order valence-electron chi connectivity index (χ1n) is 13.6. The summed E-state index contributed by atoms with van der Waals surface area (Å²) in [5.74, 6) is -0.140. The van der Waals surface area contributed by atoms with Gasteiger partial charge in [0.25, 0.3) is 0 Å². The molecule has 220 valence electrons. The predicted octanol–water partition coefficient (Wildman–Crippen LogP) is 6.93. The first-order valence-corrected chi connectivity index (χ1v) is 15.4. The normalized spacial score (nSPS) is 17.9. The number of carbonyl (C=O) groups is 1. The average Bonchev–Trinajstić information content (AvgIpc) is 3.74. The number of hydrogen-bond acceptors (Lipinski definition) is 4. The fraction of sp³-hybridized carbons (Fsp3) is 0.333. The molecule has 1 saturated heterocycles. The standard InChI is InChI=1S/C30H27ClF3N3O4S/c31-23-10-7-19(8-11-23)27(18-1-5-21(6-2-18)29(38)39)22-9-12-25-26(17-22)37(28(35-25)20-3-4-20)24-13-15-36(16-14-24)42(40,41)30(32,33)34/h1-2,5-12,17,20,24,27H,3-4,13-16H2,(H,38,39). The minimum absolute atomic E-state index is 0.176. The van der Waals surface area contributed by atoms with Crippen LogP contribution in [0.5, 0.6) is 0 Å². The van der Waals surface area contributed by atoms with E-state index in [4.69, 9.17) is 16.6 Å². The molecule has 2 heterocycles. The zero-order valence-electron chi connectivity index (χ0n) is 22.3. The van der Waals surface area contributed by atoms with Crippen molar-refractivity contribution >= 4 is 38.6 Å². The van der Waals surface area contributed by atoms with Crippen molar-refractivity contribution in [3.63, 3.8) is 0 Å². The molecule has 12 heteroatoms. The number of imidazole rings is 1. The van der Waals surface area contributed by atoms with Gasteiger partial charge in [0.05, 0.1) is 16.6 Å². The van der Waals surface area contributed by atoms with Crippen LogP contribution in [0.25, 0.3) is 11.0 Å². The van der Waals surface area contributed by atoms with E-state index in [-0.39, 0.29) is 49.4 Å². The minimum Gasteiger partial charge on any atom is -0.478 e. The summed E-state index contributed by atoms with van der Waals surface area (Å²) in [7, 11) is -5.38. The number of carboxylic acids is 1. The molecule has 6 rings (SSSR count). The van der Waals surface area contributed by atoms with Gasteiger partial charge in [-0.25, -0.2) is 18.2 Å². The van der Waals surface area contributed by atoms with Crippen LogP contribution in [0.15, 0.2) is 66.7 Å². The van der Waals surface area contributed by atoms with E-state index in [1.54, 1.807) is 36.4 Å². The van der Waals surface area contributed by atoms with Crippen LogP contribution in [0.3, 0.4) is 0 Å². The molecule has 1 aliphatic heterocycles. The second kappa shape index (κ2) is 10.7. The summed E-state index contributed by atoms with van der Waals surface area (Å²) in [6.07, 6.45) is 2.42. The first-order chi connectivity index (χ1) is 19.9. The van der Waals surface area contributed by atoms with Crippen LogP contribution in [-0.4, -0.2) is 51.9 Å². The number of sulfonamides is 1. The highest BCUT2D eigenvalue weighted by Crippen LogP contribution is 2.44. The Labute approximate surface area is 245 Å². The van der Waals surface area contributed by atoms with Crippen LogP contribution in [0, 0.1) is 0 Å². The fourth-order valence-electron chi connectivity index (χ4n) is 5.86. The van der Waals surface area contributed by atoms with E-state index in [1.807, 2.05) is 30.3 Å². The van der Waals surface area contributed by atoms with Crippen molar-refractivity contribution < 1.29 is 31.5 Å². The summed E-state index contributed by atoms with van der Waals surface area (Å²) in [5, 5.41) is 9.97. The van der Waals surface area contributed by atoms with Gasteiger partial charge in [-0.15, -0.1) is 0 Å². The maximum Gasteiger partial charge on any atom is 0.511 e. The van der Waals surface area contributed by atoms with Crippen LogP contribution in [0.1, 0.15) is 76.4 Å². The molecule has 1 aliphatic carbocycles. The van der Waals surface area contributed by atoms with Crippen LogP contribution in [-0.2, 0) is 10.0 Å². The van der Waals surface area contributed by atoms with E-state index in [2.05, 4.69) is 4.57 Å². The van der Waals surface area contributed by atoms with Crippen molar-refractivity contribution in [2.24, 2.45) is 0 Å². The van der Waals surface area contributed by atoms with E-state index in [0.717, 1.165) is 46.4 Å². The number of benzene rings is 3. The van der Waals surface area contributed by atoms with Crippen molar-refractivity contribution in [2.75, 3.05) is 13.1 Å². The molecule has 0 spiro atoms. The second-order valence-electron chi connectivity index (χ2n) is 10.9. The van der Waals surface area contributed by atoms with Crippen molar-refractivity contribution in [3.05, 3.63) is 99.8 Å². The monoisotopic (exact) mass is 617 g/mol. The van der Waals surface area contributed by atoms with Gasteiger partial charge in [-0.05, 0) is 78.8 Å². The van der Waals surface area contributed by atoms with Gasteiger partial charge in [0.15, 0.2) is 0 Å². The third-order valence-corrected chi connectivity index (χ3v) is 10.0. The zero-order valence-corrected chi connectivity index (χ0v) is 23.8. The Bertz CT molecular complexity index is 1740. The van der Waals surface area contributed by atoms with Gasteiger partial charge in [0, 0.05) is 36.0 Å². The van der Waals surface area contributed by atoms with Gasteiger partial charge in [0.2, 0.25) is 0 Å². The van der Waals surface area contributed by atoms with Crippen molar-refractivity contribution in [3.8, 4) is 0 Å². The molecule has 1 N–H and O–H groups in total. The van der Waals surface area contributed by atoms with E-state index in [9.17, 15) is 31.5 Å². The maximum atomic E-state index is 13.2. The number of nitrogens with zero attached hydrogens (tertiary/aromatic N) is 3. The second-order valence-corrected chi connectivity index (χ2v) is 13.2. The number of aromatic carboxylic acids is 1. The number of fused-ring (bicyclic) bond motifs is 1. The van der Waals surface area contributed by atoms with E-state index < -0.39 is 21.5 Å². The van der Waals surface area contributed by atoms with Gasteiger partial charge in [-0.2, -0.15) is 17.5 Å². The number of hydrogen-bond donors (Lipinski definition) is 1. The molecule has 1 saturated carbocycles. The van der Waals surface area contributed by atoms with Gasteiger partial charge < -0.3 is 9.67 Å². The highest BCUT2D eigenvalue weighted by Gasteiger charge is 2.50. The first kappa shape index (κ1) is 28.7. The molecule has 0 radical (unpaired) electrons. The Balaban J connectivity index is 1.41. The molecular formula is C30H27ClF3N3O4S. The van der Waals surface area contributed by atoms with Crippen LogP contribution in [0.4, 0.5) is 13.2 Å². The molecule has 2 aliphatic rings. The average molecular weight is 618 g/mol. The summed E-state index contributed by atoms with van der Waals surface area (Å²) < 4.78 is 66.2. The number of carboxylic acid groups (broad SMARTS) is 1. The van der Waals surface area contributed by atoms with Crippen molar-refractivity contribution in [1.29, 1.82) is 0 Å². The summed E-state index contributed by atoms with van der Waals surface area (Å²) >= 11 is 6.17. The summed E-state index contributed by atoms with van der Waals surface area (Å²) in [6.45, 7) is -0.446. The molecule has 1 atom stereocenters. The SMILES string of the molecule is O=C(O)c1ccc(C(c2ccc(Cl)cc2)c2ccc3nc(C4CC4)n(C4CCN(S(=O)(=O)C(F)(F)F)CC4)c3c2)cc1. The maximum absolute atomic E-state index is 13.2. The molecule has 1 unspecified atom stereocenters. The Morgan fingerprint density at radius 2 is 1.48 bits per heavy atom. The predicted molar refractivity (Wildman–Crippen MR) is 152 cm³/mol. The van der Waals surface area contributed by atoms with E-state index in [1.165, 1.54) is 0 Å². The van der Waals surface area contributed by atoms with Crippen molar-refractivity contribution in [2.45, 2.75) is 49.1 Å². The Hall–Kier alpha value is -3.41. The minimum atomic E-state index is -5.38. The molecule has 7 nitrogen and oxygen atoms in total. The number of halogens is 4. The Morgan fingerprint density at radius 3 is 2.02 bits per heavy atom. The highest BCUT2D eigenvalue weighted by atomic mass is 35.5.